The highest BCUT2D eigenvalue weighted by Gasteiger charge is 2.21. The van der Waals surface area contributed by atoms with E-state index in [4.69, 9.17) is 5.26 Å². The molecule has 28 heavy (non-hydrogen) atoms. The van der Waals surface area contributed by atoms with Gasteiger partial charge in [-0.2, -0.15) is 5.26 Å². The third-order valence-corrected chi connectivity index (χ3v) is 6.33. The van der Waals surface area contributed by atoms with Crippen LogP contribution >= 0.6 is 0 Å². The van der Waals surface area contributed by atoms with E-state index in [1.165, 1.54) is 69.8 Å². The maximum atomic E-state index is 8.92. The van der Waals surface area contributed by atoms with Crippen molar-refractivity contribution in [2.45, 2.75) is 77.6 Å². The zero-order chi connectivity index (χ0) is 19.6. The van der Waals surface area contributed by atoms with Gasteiger partial charge in [0.05, 0.1) is 17.3 Å². The molecule has 2 unspecified atom stereocenters. The van der Waals surface area contributed by atoms with Crippen LogP contribution in [0.2, 0.25) is 0 Å². The van der Waals surface area contributed by atoms with Gasteiger partial charge in [-0.25, -0.2) is 0 Å². The van der Waals surface area contributed by atoms with Crippen LogP contribution in [0.1, 0.15) is 82.3 Å². The fourth-order valence-electron chi connectivity index (χ4n) is 4.62. The number of rotatable bonds is 9. The molecule has 0 saturated heterocycles. The molecule has 0 radical (unpaired) electrons. The number of aromatic nitrogens is 1. The van der Waals surface area contributed by atoms with E-state index in [0.717, 1.165) is 29.5 Å². The standard InChI is InChI=1S/C26H34N2/c1-2-3-4-5-7-21-8-6-9-22(18-21)10-11-24-14-17-26(28-20-24)25-15-12-23(19-27)13-16-25/h12-17,20-22H,2-11,18H2,1H3. The van der Waals surface area contributed by atoms with Crippen molar-refractivity contribution in [1.29, 1.82) is 5.26 Å². The van der Waals surface area contributed by atoms with E-state index in [2.05, 4.69) is 30.1 Å². The molecule has 2 aromatic rings. The Balaban J connectivity index is 1.46. The first-order chi connectivity index (χ1) is 13.8. The maximum Gasteiger partial charge on any atom is 0.0991 e. The normalized spacial score (nSPS) is 19.3. The third kappa shape index (κ3) is 6.20. The maximum absolute atomic E-state index is 8.92. The molecule has 1 saturated carbocycles. The van der Waals surface area contributed by atoms with Gasteiger partial charge in [0.2, 0.25) is 0 Å². The number of benzene rings is 1. The summed E-state index contributed by atoms with van der Waals surface area (Å²) < 4.78 is 0. The second-order valence-corrected chi connectivity index (χ2v) is 8.53. The molecule has 2 heteroatoms. The predicted octanol–water partition coefficient (Wildman–Crippen LogP) is 7.33. The van der Waals surface area contributed by atoms with Gasteiger partial charge in [0.15, 0.2) is 0 Å². The van der Waals surface area contributed by atoms with Gasteiger partial charge in [-0.3, -0.25) is 4.98 Å². The zero-order valence-electron chi connectivity index (χ0n) is 17.4. The highest BCUT2D eigenvalue weighted by molar-refractivity contribution is 5.60. The molecule has 1 aromatic carbocycles. The summed E-state index contributed by atoms with van der Waals surface area (Å²) in [5.74, 6) is 1.88. The van der Waals surface area contributed by atoms with E-state index in [1.807, 2.05) is 30.5 Å². The molecule has 1 aromatic heterocycles. The lowest BCUT2D eigenvalue weighted by molar-refractivity contribution is 0.239. The van der Waals surface area contributed by atoms with Crippen LogP contribution in [-0.4, -0.2) is 4.98 Å². The van der Waals surface area contributed by atoms with Crippen LogP contribution < -0.4 is 0 Å². The average molecular weight is 375 g/mol. The lowest BCUT2D eigenvalue weighted by Gasteiger charge is -2.29. The summed E-state index contributed by atoms with van der Waals surface area (Å²) in [4.78, 5) is 4.66. The lowest BCUT2D eigenvalue weighted by atomic mass is 9.77. The summed E-state index contributed by atoms with van der Waals surface area (Å²) in [6.45, 7) is 2.29. The molecule has 1 aliphatic rings. The second-order valence-electron chi connectivity index (χ2n) is 8.53. The van der Waals surface area contributed by atoms with E-state index < -0.39 is 0 Å². The predicted molar refractivity (Wildman–Crippen MR) is 117 cm³/mol. The molecule has 2 atom stereocenters. The van der Waals surface area contributed by atoms with E-state index >= 15 is 0 Å². The summed E-state index contributed by atoms with van der Waals surface area (Å²) in [7, 11) is 0. The molecule has 3 rings (SSSR count). The number of hydrogen-bond acceptors (Lipinski definition) is 2. The minimum absolute atomic E-state index is 0.691. The fourth-order valence-corrected chi connectivity index (χ4v) is 4.62. The second kappa shape index (κ2) is 11.0. The van der Waals surface area contributed by atoms with Crippen molar-refractivity contribution in [3.05, 3.63) is 53.7 Å². The van der Waals surface area contributed by atoms with E-state index in [-0.39, 0.29) is 0 Å². The number of hydrogen-bond donors (Lipinski definition) is 0. The molecule has 0 amide bonds. The fraction of sp³-hybridized carbons (Fsp3) is 0.538. The summed E-state index contributed by atoms with van der Waals surface area (Å²) in [5.41, 5.74) is 4.10. The van der Waals surface area contributed by atoms with Gasteiger partial charge in [-0.1, -0.05) is 76.5 Å². The summed E-state index contributed by atoms with van der Waals surface area (Å²) in [6, 6.07) is 14.2. The zero-order valence-corrected chi connectivity index (χ0v) is 17.4. The smallest absolute Gasteiger partial charge is 0.0991 e. The van der Waals surface area contributed by atoms with Crippen molar-refractivity contribution < 1.29 is 0 Å². The van der Waals surface area contributed by atoms with Gasteiger partial charge in [0.1, 0.15) is 0 Å². The Morgan fingerprint density at radius 3 is 2.43 bits per heavy atom. The Bertz CT molecular complexity index is 739. The van der Waals surface area contributed by atoms with Crippen LogP contribution in [0, 0.1) is 23.2 Å². The molecule has 0 spiro atoms. The van der Waals surface area contributed by atoms with Crippen LogP contribution in [0.3, 0.4) is 0 Å². The van der Waals surface area contributed by atoms with Gasteiger partial charge in [0, 0.05) is 11.8 Å². The van der Waals surface area contributed by atoms with Crippen LogP contribution in [0.5, 0.6) is 0 Å². The van der Waals surface area contributed by atoms with Crippen molar-refractivity contribution in [2.75, 3.05) is 0 Å². The van der Waals surface area contributed by atoms with Crippen molar-refractivity contribution >= 4 is 0 Å². The third-order valence-electron chi connectivity index (χ3n) is 6.33. The molecule has 0 aliphatic heterocycles. The number of unbranched alkanes of at least 4 members (excludes halogenated alkanes) is 3. The number of nitrogens with zero attached hydrogens (tertiary/aromatic N) is 2. The summed E-state index contributed by atoms with van der Waals surface area (Å²) in [6.07, 6.45) is 17.3. The quantitative estimate of drug-likeness (QED) is 0.431. The van der Waals surface area contributed by atoms with Gasteiger partial charge in [0.25, 0.3) is 0 Å². The van der Waals surface area contributed by atoms with Gasteiger partial charge in [-0.15, -0.1) is 0 Å². The molecule has 0 N–H and O–H groups in total. The Hall–Kier alpha value is -2.14. The number of nitriles is 1. The highest BCUT2D eigenvalue weighted by Crippen LogP contribution is 2.34. The molecular weight excluding hydrogens is 340 g/mol. The van der Waals surface area contributed by atoms with Crippen molar-refractivity contribution in [1.82, 2.24) is 4.98 Å². The Labute approximate surface area is 171 Å². The van der Waals surface area contributed by atoms with Crippen molar-refractivity contribution in [3.63, 3.8) is 0 Å². The van der Waals surface area contributed by atoms with Crippen LogP contribution in [0.25, 0.3) is 11.3 Å². The first-order valence-electron chi connectivity index (χ1n) is 11.2. The minimum atomic E-state index is 0.691. The minimum Gasteiger partial charge on any atom is -0.256 e. The topological polar surface area (TPSA) is 36.7 Å². The van der Waals surface area contributed by atoms with E-state index in [9.17, 15) is 0 Å². The largest absolute Gasteiger partial charge is 0.256 e. The van der Waals surface area contributed by atoms with Gasteiger partial charge in [-0.05, 0) is 54.9 Å². The van der Waals surface area contributed by atoms with Crippen LogP contribution in [-0.2, 0) is 6.42 Å². The Morgan fingerprint density at radius 1 is 0.964 bits per heavy atom. The van der Waals surface area contributed by atoms with E-state index in [0.29, 0.717) is 5.56 Å². The van der Waals surface area contributed by atoms with Gasteiger partial charge < -0.3 is 0 Å². The molecule has 148 valence electrons. The lowest BCUT2D eigenvalue weighted by Crippen LogP contribution is -2.16. The highest BCUT2D eigenvalue weighted by atomic mass is 14.7. The Morgan fingerprint density at radius 2 is 1.75 bits per heavy atom. The van der Waals surface area contributed by atoms with Gasteiger partial charge >= 0.3 is 0 Å². The van der Waals surface area contributed by atoms with E-state index in [1.54, 1.807) is 0 Å². The van der Waals surface area contributed by atoms with Crippen LogP contribution in [0.15, 0.2) is 42.6 Å². The molecule has 1 aliphatic carbocycles. The molecule has 0 bridgehead atoms. The molecule has 1 heterocycles. The summed E-state index contributed by atoms with van der Waals surface area (Å²) >= 11 is 0. The molecule has 1 fully saturated rings. The molecular formula is C26H34N2. The summed E-state index contributed by atoms with van der Waals surface area (Å²) in [5, 5.41) is 8.92. The monoisotopic (exact) mass is 374 g/mol. The number of aryl methyl sites for hydroxylation is 1. The van der Waals surface area contributed by atoms with Crippen molar-refractivity contribution in [3.8, 4) is 17.3 Å². The number of pyridine rings is 1. The molecule has 2 nitrogen and oxygen atoms in total. The Kier molecular flexibility index (Phi) is 8.09. The first kappa shape index (κ1) is 20.6. The van der Waals surface area contributed by atoms with Crippen molar-refractivity contribution in [2.24, 2.45) is 11.8 Å². The first-order valence-corrected chi connectivity index (χ1v) is 11.2. The van der Waals surface area contributed by atoms with Crippen LogP contribution in [0.4, 0.5) is 0 Å². The SMILES string of the molecule is CCCCCCC1CCCC(CCc2ccc(-c3ccc(C#N)cc3)nc2)C1. The average Bonchev–Trinajstić information content (AvgIpc) is 2.76.